The van der Waals surface area contributed by atoms with E-state index in [9.17, 15) is 8.78 Å². The van der Waals surface area contributed by atoms with Crippen LogP contribution in [0.1, 0.15) is 34.1 Å². The van der Waals surface area contributed by atoms with Gasteiger partial charge in [-0.2, -0.15) is 8.78 Å². The van der Waals surface area contributed by atoms with Crippen molar-refractivity contribution in [2.75, 3.05) is 6.54 Å². The van der Waals surface area contributed by atoms with Gasteiger partial charge in [-0.05, 0) is 34.1 Å². The van der Waals surface area contributed by atoms with Crippen molar-refractivity contribution in [2.45, 2.75) is 45.7 Å². The fourth-order valence-corrected chi connectivity index (χ4v) is 1.93. The van der Waals surface area contributed by atoms with E-state index in [4.69, 9.17) is 0 Å². The van der Waals surface area contributed by atoms with E-state index < -0.39 is 6.08 Å². The Morgan fingerprint density at radius 2 is 1.92 bits per heavy atom. The Balaban J connectivity index is 2.79. The van der Waals surface area contributed by atoms with E-state index in [2.05, 4.69) is 25.7 Å². The maximum absolute atomic E-state index is 12.3. The van der Waals surface area contributed by atoms with Gasteiger partial charge in [0, 0.05) is 23.7 Å². The second-order valence-corrected chi connectivity index (χ2v) is 4.72. The van der Waals surface area contributed by atoms with Crippen LogP contribution >= 0.6 is 0 Å². The van der Waals surface area contributed by atoms with Crippen LogP contribution < -0.4 is 0 Å². The summed E-state index contributed by atoms with van der Waals surface area (Å²) in [7, 11) is 0. The van der Waals surface area contributed by atoms with E-state index in [1.165, 1.54) is 0 Å². The Morgan fingerprint density at radius 1 is 1.38 bits per heavy atom. The average Bonchev–Trinajstić information content (AvgIpc) is 2.29. The summed E-state index contributed by atoms with van der Waals surface area (Å²) in [4.78, 5) is 2.11. The smallest absolute Gasteiger partial charge is 0.270 e. The standard InChI is InChI=1S/C10H17F2N/c1-7-5-8(9(11)12)6-13(7)10(2,3)4/h7H,5-6H2,1-4H3. The van der Waals surface area contributed by atoms with Gasteiger partial charge >= 0.3 is 0 Å². The van der Waals surface area contributed by atoms with Crippen molar-refractivity contribution in [2.24, 2.45) is 0 Å². The van der Waals surface area contributed by atoms with Crippen LogP contribution in [0.15, 0.2) is 11.7 Å². The molecule has 1 atom stereocenters. The molecule has 13 heavy (non-hydrogen) atoms. The van der Waals surface area contributed by atoms with Crippen LogP contribution in [0, 0.1) is 0 Å². The summed E-state index contributed by atoms with van der Waals surface area (Å²) in [6, 6.07) is 0.233. The van der Waals surface area contributed by atoms with E-state index in [-0.39, 0.29) is 11.6 Å². The van der Waals surface area contributed by atoms with Crippen molar-refractivity contribution >= 4 is 0 Å². The third-order valence-corrected chi connectivity index (χ3v) is 2.56. The molecule has 0 aromatic carbocycles. The summed E-state index contributed by atoms with van der Waals surface area (Å²) in [5.41, 5.74) is 0.291. The van der Waals surface area contributed by atoms with Crippen molar-refractivity contribution in [1.29, 1.82) is 0 Å². The van der Waals surface area contributed by atoms with Crippen LogP contribution in [0.5, 0.6) is 0 Å². The molecule has 0 radical (unpaired) electrons. The summed E-state index contributed by atoms with van der Waals surface area (Å²) in [5, 5.41) is 0. The fraction of sp³-hybridized carbons (Fsp3) is 0.800. The molecule has 0 aromatic heterocycles. The molecule has 0 aliphatic carbocycles. The summed E-state index contributed by atoms with van der Waals surface area (Å²) in [6.45, 7) is 8.60. The molecule has 1 fully saturated rings. The number of hydrogen-bond acceptors (Lipinski definition) is 1. The quantitative estimate of drug-likeness (QED) is 0.566. The van der Waals surface area contributed by atoms with Gasteiger partial charge in [-0.25, -0.2) is 0 Å². The highest BCUT2D eigenvalue weighted by atomic mass is 19.3. The molecule has 3 heteroatoms. The first-order valence-electron chi connectivity index (χ1n) is 4.62. The minimum atomic E-state index is -1.49. The van der Waals surface area contributed by atoms with Crippen molar-refractivity contribution in [3.05, 3.63) is 11.7 Å². The molecule has 1 nitrogen and oxygen atoms in total. The van der Waals surface area contributed by atoms with Gasteiger partial charge in [-0.1, -0.05) is 0 Å². The molecule has 0 spiro atoms. The molecule has 1 saturated heterocycles. The minimum absolute atomic E-state index is 0.0172. The molecule has 0 saturated carbocycles. The Morgan fingerprint density at radius 3 is 2.15 bits per heavy atom. The first kappa shape index (κ1) is 10.6. The molecular formula is C10H17F2N. The van der Waals surface area contributed by atoms with Crippen LogP contribution in [0.2, 0.25) is 0 Å². The molecule has 1 heterocycles. The normalized spacial score (nSPS) is 25.4. The highest BCUT2D eigenvalue weighted by Crippen LogP contribution is 2.31. The lowest BCUT2D eigenvalue weighted by Gasteiger charge is -2.35. The first-order valence-corrected chi connectivity index (χ1v) is 4.62. The molecule has 0 aromatic rings. The van der Waals surface area contributed by atoms with Gasteiger partial charge < -0.3 is 0 Å². The summed E-state index contributed by atoms with van der Waals surface area (Å²) in [5.74, 6) is 0. The van der Waals surface area contributed by atoms with E-state index in [0.717, 1.165) is 0 Å². The van der Waals surface area contributed by atoms with Crippen LogP contribution in [0.4, 0.5) is 8.78 Å². The first-order chi connectivity index (χ1) is 5.82. The predicted octanol–water partition coefficient (Wildman–Crippen LogP) is 3.03. The van der Waals surface area contributed by atoms with E-state index in [0.29, 0.717) is 18.5 Å². The molecule has 1 unspecified atom stereocenters. The van der Waals surface area contributed by atoms with Crippen LogP contribution in [0.3, 0.4) is 0 Å². The van der Waals surface area contributed by atoms with Crippen molar-refractivity contribution in [3.8, 4) is 0 Å². The summed E-state index contributed by atoms with van der Waals surface area (Å²) < 4.78 is 24.7. The Hall–Kier alpha value is -0.440. The lowest BCUT2D eigenvalue weighted by atomic mass is 10.1. The third-order valence-electron chi connectivity index (χ3n) is 2.56. The minimum Gasteiger partial charge on any atom is -0.291 e. The van der Waals surface area contributed by atoms with Gasteiger partial charge in [0.1, 0.15) is 0 Å². The van der Waals surface area contributed by atoms with Crippen LogP contribution in [-0.4, -0.2) is 23.0 Å². The number of likely N-dealkylation sites (tertiary alicyclic amines) is 1. The summed E-state index contributed by atoms with van der Waals surface area (Å²) in [6.07, 6.45) is -0.974. The second-order valence-electron chi connectivity index (χ2n) is 4.72. The van der Waals surface area contributed by atoms with Crippen molar-refractivity contribution < 1.29 is 8.78 Å². The number of nitrogens with zero attached hydrogens (tertiary/aromatic N) is 1. The average molecular weight is 189 g/mol. The van der Waals surface area contributed by atoms with Crippen molar-refractivity contribution in [1.82, 2.24) is 4.90 Å². The third kappa shape index (κ3) is 2.27. The Kier molecular flexibility index (Phi) is 2.76. The van der Waals surface area contributed by atoms with Gasteiger partial charge in [-0.3, -0.25) is 4.90 Å². The van der Waals surface area contributed by atoms with Gasteiger partial charge in [0.15, 0.2) is 0 Å². The van der Waals surface area contributed by atoms with Gasteiger partial charge in [0.2, 0.25) is 0 Å². The maximum atomic E-state index is 12.3. The highest BCUT2D eigenvalue weighted by molar-refractivity contribution is 5.14. The van der Waals surface area contributed by atoms with Crippen molar-refractivity contribution in [3.63, 3.8) is 0 Å². The zero-order valence-electron chi connectivity index (χ0n) is 8.69. The highest BCUT2D eigenvalue weighted by Gasteiger charge is 2.34. The molecule has 1 rings (SSSR count). The second kappa shape index (κ2) is 3.37. The monoisotopic (exact) mass is 189 g/mol. The predicted molar refractivity (Wildman–Crippen MR) is 49.8 cm³/mol. The van der Waals surface area contributed by atoms with Crippen LogP contribution in [0.25, 0.3) is 0 Å². The van der Waals surface area contributed by atoms with E-state index in [1.807, 2.05) is 6.92 Å². The van der Waals surface area contributed by atoms with E-state index >= 15 is 0 Å². The molecule has 0 amide bonds. The Bertz CT molecular complexity index is 224. The zero-order chi connectivity index (χ0) is 10.2. The fourth-order valence-electron chi connectivity index (χ4n) is 1.93. The topological polar surface area (TPSA) is 3.24 Å². The lowest BCUT2D eigenvalue weighted by Crippen LogP contribution is -2.43. The largest absolute Gasteiger partial charge is 0.291 e. The molecule has 1 aliphatic heterocycles. The Labute approximate surface area is 78.4 Å². The number of halogens is 2. The molecular weight excluding hydrogens is 172 g/mol. The SMILES string of the molecule is CC1CC(=C(F)F)CN1C(C)(C)C. The molecule has 76 valence electrons. The van der Waals surface area contributed by atoms with Crippen LogP contribution in [-0.2, 0) is 0 Å². The summed E-state index contributed by atoms with van der Waals surface area (Å²) >= 11 is 0. The maximum Gasteiger partial charge on any atom is 0.270 e. The number of hydrogen-bond donors (Lipinski definition) is 0. The van der Waals surface area contributed by atoms with Gasteiger partial charge in [0.25, 0.3) is 6.08 Å². The van der Waals surface area contributed by atoms with Gasteiger partial charge in [-0.15, -0.1) is 0 Å². The molecule has 0 bridgehead atoms. The molecule has 1 aliphatic rings. The number of rotatable bonds is 0. The molecule has 0 N–H and O–H groups in total. The van der Waals surface area contributed by atoms with E-state index in [1.54, 1.807) is 0 Å². The van der Waals surface area contributed by atoms with Gasteiger partial charge in [0.05, 0.1) is 0 Å². The lowest BCUT2D eigenvalue weighted by molar-refractivity contribution is 0.132. The zero-order valence-corrected chi connectivity index (χ0v) is 8.69.